The maximum atomic E-state index is 11.4. The van der Waals surface area contributed by atoms with Gasteiger partial charge in [-0.1, -0.05) is 29.8 Å². The van der Waals surface area contributed by atoms with Crippen LogP contribution in [0.4, 0.5) is 0 Å². The molecule has 4 heteroatoms. The Kier molecular flexibility index (Phi) is 5.48. The molecule has 0 spiro atoms. The van der Waals surface area contributed by atoms with E-state index in [9.17, 15) is 4.79 Å². The molecule has 0 fully saturated rings. The molecule has 0 aliphatic carbocycles. The van der Waals surface area contributed by atoms with Gasteiger partial charge in [-0.15, -0.1) is 0 Å². The molecule has 1 amide bonds. The maximum absolute atomic E-state index is 11.4. The van der Waals surface area contributed by atoms with Crippen molar-refractivity contribution in [3.8, 4) is 5.75 Å². The van der Waals surface area contributed by atoms with Gasteiger partial charge in [0.05, 0.1) is 7.11 Å². The second-order valence-electron chi connectivity index (χ2n) is 4.15. The first kappa shape index (κ1) is 14.0. The lowest BCUT2D eigenvalue weighted by atomic mass is 10.1. The normalized spacial score (nSPS) is 10.4. The van der Waals surface area contributed by atoms with Gasteiger partial charge in [-0.25, -0.2) is 0 Å². The van der Waals surface area contributed by atoms with Gasteiger partial charge in [-0.2, -0.15) is 0 Å². The minimum absolute atomic E-state index is 0.0272. The molecular weight excluding hydrogens is 282 g/mol. The van der Waals surface area contributed by atoms with E-state index in [4.69, 9.17) is 4.74 Å². The lowest BCUT2D eigenvalue weighted by molar-refractivity contribution is -0.123. The smallest absolute Gasteiger partial charge is 0.222 e. The van der Waals surface area contributed by atoms with E-state index in [-0.39, 0.29) is 11.8 Å². The van der Waals surface area contributed by atoms with E-state index in [1.807, 2.05) is 32.0 Å². The van der Waals surface area contributed by atoms with Crippen molar-refractivity contribution in [3.63, 3.8) is 0 Å². The summed E-state index contributed by atoms with van der Waals surface area (Å²) in [5, 5.41) is 2.89. The van der Waals surface area contributed by atoms with Crippen molar-refractivity contribution >= 4 is 21.8 Å². The lowest BCUT2D eigenvalue weighted by Gasteiger charge is -2.11. The third kappa shape index (κ3) is 4.38. The first-order valence-electron chi connectivity index (χ1n) is 5.64. The highest BCUT2D eigenvalue weighted by Gasteiger charge is 2.07. The Balaban J connectivity index is 2.56. The van der Waals surface area contributed by atoms with Crippen LogP contribution in [-0.4, -0.2) is 19.6 Å². The number of methoxy groups -OCH3 is 1. The second-order valence-corrected chi connectivity index (χ2v) is 5.07. The molecule has 0 atom stereocenters. The van der Waals surface area contributed by atoms with Gasteiger partial charge in [0.1, 0.15) is 5.75 Å². The molecule has 0 saturated carbocycles. The second kappa shape index (κ2) is 6.64. The molecule has 1 N–H and O–H groups in total. The van der Waals surface area contributed by atoms with Crippen LogP contribution in [0.3, 0.4) is 0 Å². The summed E-state index contributed by atoms with van der Waals surface area (Å²) in [5.74, 6) is 0.963. The van der Waals surface area contributed by atoms with Crippen LogP contribution in [0.2, 0.25) is 0 Å². The molecule has 0 radical (unpaired) electrons. The molecule has 1 rings (SSSR count). The van der Waals surface area contributed by atoms with Crippen LogP contribution in [0.1, 0.15) is 19.4 Å². The summed E-state index contributed by atoms with van der Waals surface area (Å²) in [6.07, 6.45) is 0.765. The number of benzene rings is 1. The summed E-state index contributed by atoms with van der Waals surface area (Å²) in [6.45, 7) is 4.40. The fourth-order valence-electron chi connectivity index (χ4n) is 1.47. The number of carbonyl (C=O) groups excluding carboxylic acids is 1. The molecular formula is C13H18BrNO2. The van der Waals surface area contributed by atoms with Gasteiger partial charge < -0.3 is 10.1 Å². The fourth-order valence-corrected chi connectivity index (χ4v) is 1.88. The molecule has 0 heterocycles. The van der Waals surface area contributed by atoms with Gasteiger partial charge in [0, 0.05) is 16.9 Å². The minimum Gasteiger partial charge on any atom is -0.496 e. The van der Waals surface area contributed by atoms with Crippen LogP contribution in [-0.2, 0) is 11.2 Å². The summed E-state index contributed by atoms with van der Waals surface area (Å²) in [6, 6.07) is 5.87. The van der Waals surface area contributed by atoms with Gasteiger partial charge in [-0.3, -0.25) is 4.79 Å². The summed E-state index contributed by atoms with van der Waals surface area (Å²) in [5.41, 5.74) is 1.09. The van der Waals surface area contributed by atoms with Crippen molar-refractivity contribution in [3.05, 3.63) is 28.2 Å². The van der Waals surface area contributed by atoms with E-state index in [0.717, 1.165) is 22.2 Å². The van der Waals surface area contributed by atoms with Crippen LogP contribution in [0.15, 0.2) is 22.7 Å². The lowest BCUT2D eigenvalue weighted by Crippen LogP contribution is -2.29. The van der Waals surface area contributed by atoms with Crippen molar-refractivity contribution < 1.29 is 9.53 Å². The van der Waals surface area contributed by atoms with E-state index < -0.39 is 0 Å². The molecule has 1 aromatic rings. The van der Waals surface area contributed by atoms with E-state index in [2.05, 4.69) is 21.2 Å². The van der Waals surface area contributed by atoms with Crippen molar-refractivity contribution in [1.82, 2.24) is 5.32 Å². The van der Waals surface area contributed by atoms with E-state index in [0.29, 0.717) is 6.54 Å². The molecule has 17 heavy (non-hydrogen) atoms. The number of rotatable bonds is 5. The van der Waals surface area contributed by atoms with Crippen LogP contribution >= 0.6 is 15.9 Å². The number of halogens is 1. The molecule has 0 aliphatic rings. The summed E-state index contributed by atoms with van der Waals surface area (Å²) in [4.78, 5) is 11.4. The predicted molar refractivity (Wildman–Crippen MR) is 72.2 cm³/mol. The number of nitrogens with one attached hydrogen (secondary N) is 1. The molecule has 0 aliphatic heterocycles. The predicted octanol–water partition coefficient (Wildman–Crippen LogP) is 2.77. The molecule has 0 saturated heterocycles. The molecule has 94 valence electrons. The highest BCUT2D eigenvalue weighted by Crippen LogP contribution is 2.23. The molecule has 3 nitrogen and oxygen atoms in total. The van der Waals surface area contributed by atoms with Crippen molar-refractivity contribution in [2.45, 2.75) is 20.3 Å². The zero-order valence-electron chi connectivity index (χ0n) is 10.4. The number of ether oxygens (including phenoxy) is 1. The maximum Gasteiger partial charge on any atom is 0.222 e. The minimum atomic E-state index is 0.0272. The fraction of sp³-hybridized carbons (Fsp3) is 0.462. The van der Waals surface area contributed by atoms with Crippen molar-refractivity contribution in [1.29, 1.82) is 0 Å². The largest absolute Gasteiger partial charge is 0.496 e. The van der Waals surface area contributed by atoms with Gasteiger partial charge in [0.2, 0.25) is 5.91 Å². The molecule has 0 bridgehead atoms. The Morgan fingerprint density at radius 1 is 1.47 bits per heavy atom. The summed E-state index contributed by atoms with van der Waals surface area (Å²) < 4.78 is 6.29. The Morgan fingerprint density at radius 2 is 2.18 bits per heavy atom. The number of amides is 1. The van der Waals surface area contributed by atoms with Crippen LogP contribution < -0.4 is 10.1 Å². The van der Waals surface area contributed by atoms with Gasteiger partial charge in [-0.05, 0) is 30.2 Å². The van der Waals surface area contributed by atoms with Gasteiger partial charge in [0.25, 0.3) is 0 Å². The topological polar surface area (TPSA) is 38.3 Å². The third-order valence-corrected chi connectivity index (χ3v) is 2.95. The van der Waals surface area contributed by atoms with Gasteiger partial charge in [0.15, 0.2) is 0 Å². The Morgan fingerprint density at radius 3 is 2.76 bits per heavy atom. The number of carbonyl (C=O) groups is 1. The molecule has 0 aromatic heterocycles. The zero-order chi connectivity index (χ0) is 12.8. The first-order chi connectivity index (χ1) is 8.04. The third-order valence-electron chi connectivity index (χ3n) is 2.46. The Bertz CT molecular complexity index is 391. The average Bonchev–Trinajstić information content (AvgIpc) is 2.29. The van der Waals surface area contributed by atoms with Crippen LogP contribution in [0, 0.1) is 5.92 Å². The van der Waals surface area contributed by atoms with E-state index in [1.54, 1.807) is 7.11 Å². The highest BCUT2D eigenvalue weighted by atomic mass is 79.9. The first-order valence-corrected chi connectivity index (χ1v) is 6.44. The van der Waals surface area contributed by atoms with Crippen molar-refractivity contribution in [2.75, 3.05) is 13.7 Å². The SMILES string of the molecule is COc1ccc(Br)cc1CCNC(=O)C(C)C. The number of hydrogen-bond acceptors (Lipinski definition) is 2. The van der Waals surface area contributed by atoms with E-state index >= 15 is 0 Å². The van der Waals surface area contributed by atoms with Crippen LogP contribution in [0.5, 0.6) is 5.75 Å². The monoisotopic (exact) mass is 299 g/mol. The Labute approximate surface area is 111 Å². The van der Waals surface area contributed by atoms with Gasteiger partial charge >= 0.3 is 0 Å². The Hall–Kier alpha value is -1.03. The standard InChI is InChI=1S/C13H18BrNO2/c1-9(2)13(16)15-7-6-10-8-11(14)4-5-12(10)17-3/h4-5,8-9H,6-7H2,1-3H3,(H,15,16). The van der Waals surface area contributed by atoms with Crippen LogP contribution in [0.25, 0.3) is 0 Å². The number of hydrogen-bond donors (Lipinski definition) is 1. The van der Waals surface area contributed by atoms with E-state index in [1.165, 1.54) is 0 Å². The summed E-state index contributed by atoms with van der Waals surface area (Å²) in [7, 11) is 1.65. The summed E-state index contributed by atoms with van der Waals surface area (Å²) >= 11 is 3.43. The molecule has 0 unspecified atom stereocenters. The average molecular weight is 300 g/mol. The zero-order valence-corrected chi connectivity index (χ0v) is 12.0. The quantitative estimate of drug-likeness (QED) is 0.908. The van der Waals surface area contributed by atoms with Crippen molar-refractivity contribution in [2.24, 2.45) is 5.92 Å². The highest BCUT2D eigenvalue weighted by molar-refractivity contribution is 9.10. The molecule has 1 aromatic carbocycles.